The van der Waals surface area contributed by atoms with Crippen molar-refractivity contribution in [3.63, 3.8) is 0 Å². The molecule has 1 fully saturated rings. The van der Waals surface area contributed by atoms with Crippen molar-refractivity contribution in [3.05, 3.63) is 41.5 Å². The summed E-state index contributed by atoms with van der Waals surface area (Å²) in [5.74, 6) is 0.885. The van der Waals surface area contributed by atoms with Crippen LogP contribution >= 0.6 is 11.8 Å². The zero-order valence-electron chi connectivity index (χ0n) is 11.5. The second-order valence-corrected chi connectivity index (χ2v) is 6.68. The Labute approximate surface area is 123 Å². The highest BCUT2D eigenvalue weighted by Crippen LogP contribution is 2.53. The van der Waals surface area contributed by atoms with Crippen LogP contribution in [0, 0.1) is 0 Å². The van der Waals surface area contributed by atoms with Gasteiger partial charge >= 0.3 is 5.97 Å². The van der Waals surface area contributed by atoms with E-state index in [2.05, 4.69) is 35.2 Å². The molecule has 0 unspecified atom stereocenters. The predicted molar refractivity (Wildman–Crippen MR) is 78.7 cm³/mol. The van der Waals surface area contributed by atoms with Gasteiger partial charge in [-0.25, -0.2) is 4.79 Å². The Hall–Kier alpha value is -1.26. The van der Waals surface area contributed by atoms with Gasteiger partial charge in [-0.2, -0.15) is 0 Å². The van der Waals surface area contributed by atoms with Crippen LogP contribution in [0.1, 0.15) is 24.4 Å². The molecule has 0 aromatic heterocycles. The van der Waals surface area contributed by atoms with Gasteiger partial charge in [0.2, 0.25) is 0 Å². The number of benzene rings is 1. The van der Waals surface area contributed by atoms with Crippen LogP contribution in [0.2, 0.25) is 0 Å². The van der Waals surface area contributed by atoms with Gasteiger partial charge in [-0.05, 0) is 30.0 Å². The minimum absolute atomic E-state index is 0.0978. The fourth-order valence-electron chi connectivity index (χ4n) is 3.90. The number of hydrogen-bond acceptors (Lipinski definition) is 4. The molecule has 0 N–H and O–H groups in total. The van der Waals surface area contributed by atoms with E-state index in [0.29, 0.717) is 0 Å². The second-order valence-electron chi connectivity index (χ2n) is 5.66. The molecule has 3 aliphatic rings. The van der Waals surface area contributed by atoms with E-state index in [4.69, 9.17) is 4.74 Å². The smallest absolute Gasteiger partial charge is 0.330 e. The van der Waals surface area contributed by atoms with Gasteiger partial charge in [-0.15, -0.1) is 11.8 Å². The highest BCUT2D eigenvalue weighted by atomic mass is 32.2. The van der Waals surface area contributed by atoms with Crippen molar-refractivity contribution in [2.45, 2.75) is 29.3 Å². The molecule has 0 spiro atoms. The minimum atomic E-state index is -0.507. The third-order valence-electron chi connectivity index (χ3n) is 4.70. The molecule has 1 aromatic carbocycles. The van der Waals surface area contributed by atoms with Crippen LogP contribution in [-0.2, 0) is 9.53 Å². The van der Waals surface area contributed by atoms with Crippen molar-refractivity contribution in [2.24, 2.45) is 0 Å². The largest absolute Gasteiger partial charge is 0.467 e. The zero-order chi connectivity index (χ0) is 13.7. The monoisotopic (exact) mass is 287 g/mol. The summed E-state index contributed by atoms with van der Waals surface area (Å²) in [4.78, 5) is 16.1. The maximum atomic E-state index is 12.4. The van der Waals surface area contributed by atoms with Gasteiger partial charge in [0, 0.05) is 17.2 Å². The van der Waals surface area contributed by atoms with Crippen molar-refractivity contribution in [1.82, 2.24) is 4.90 Å². The minimum Gasteiger partial charge on any atom is -0.467 e. The van der Waals surface area contributed by atoms with Gasteiger partial charge in [-0.1, -0.05) is 24.3 Å². The Morgan fingerprint density at radius 1 is 1.45 bits per heavy atom. The van der Waals surface area contributed by atoms with Gasteiger partial charge in [0.05, 0.1) is 13.2 Å². The first-order chi connectivity index (χ1) is 9.76. The average molecular weight is 287 g/mol. The van der Waals surface area contributed by atoms with Crippen molar-refractivity contribution in [1.29, 1.82) is 0 Å². The fourth-order valence-corrected chi connectivity index (χ4v) is 4.99. The zero-order valence-corrected chi connectivity index (χ0v) is 12.3. The molecule has 20 heavy (non-hydrogen) atoms. The van der Waals surface area contributed by atoms with Crippen LogP contribution in [0.4, 0.5) is 0 Å². The van der Waals surface area contributed by atoms with Crippen LogP contribution in [0.25, 0.3) is 0 Å². The summed E-state index contributed by atoms with van der Waals surface area (Å²) in [5.41, 5.74) is 2.22. The molecule has 1 aromatic rings. The van der Waals surface area contributed by atoms with Crippen molar-refractivity contribution < 1.29 is 9.53 Å². The Balaban J connectivity index is 1.84. The van der Waals surface area contributed by atoms with Gasteiger partial charge < -0.3 is 4.74 Å². The van der Waals surface area contributed by atoms with Crippen molar-refractivity contribution >= 4 is 17.7 Å². The predicted octanol–water partition coefficient (Wildman–Crippen LogP) is 2.78. The van der Waals surface area contributed by atoms with E-state index in [1.165, 1.54) is 23.1 Å². The molecule has 4 heteroatoms. The van der Waals surface area contributed by atoms with Crippen molar-refractivity contribution in [3.8, 4) is 0 Å². The molecule has 3 nitrogen and oxygen atoms in total. The number of esters is 1. The number of rotatable bonds is 1. The Bertz CT molecular complexity index is 612. The van der Waals surface area contributed by atoms with Crippen LogP contribution in [0.3, 0.4) is 0 Å². The normalized spacial score (nSPS) is 31.2. The van der Waals surface area contributed by atoms with E-state index in [0.717, 1.165) is 25.1 Å². The third-order valence-corrected chi connectivity index (χ3v) is 5.86. The number of hydrogen-bond donors (Lipinski definition) is 0. The molecule has 4 rings (SSSR count). The van der Waals surface area contributed by atoms with Gasteiger partial charge in [0.1, 0.15) is 5.54 Å². The van der Waals surface area contributed by atoms with E-state index in [9.17, 15) is 4.79 Å². The standard InChI is InChI=1S/C16H17NO2S/c1-19-15(18)16-7-4-8-17(16)14-11(9-16)10-20-13-6-3-2-5-12(13)14/h2-3,5-6,9,14H,4,7-8,10H2,1H3/t14-,16-/m0/s1. The number of carbonyl (C=O) groups is 1. The summed E-state index contributed by atoms with van der Waals surface area (Å²) in [6.45, 7) is 0.971. The molecule has 1 saturated heterocycles. The summed E-state index contributed by atoms with van der Waals surface area (Å²) >= 11 is 1.87. The number of thioether (sulfide) groups is 1. The number of carbonyl (C=O) groups excluding carboxylic acids is 1. The lowest BCUT2D eigenvalue weighted by molar-refractivity contribution is -0.150. The molecule has 3 aliphatic heterocycles. The van der Waals surface area contributed by atoms with E-state index in [-0.39, 0.29) is 12.0 Å². The topological polar surface area (TPSA) is 29.5 Å². The molecular weight excluding hydrogens is 270 g/mol. The van der Waals surface area contributed by atoms with E-state index < -0.39 is 5.54 Å². The maximum absolute atomic E-state index is 12.4. The highest BCUT2D eigenvalue weighted by Gasteiger charge is 2.55. The fraction of sp³-hybridized carbons (Fsp3) is 0.438. The lowest BCUT2D eigenvalue weighted by Gasteiger charge is -2.35. The molecule has 0 saturated carbocycles. The van der Waals surface area contributed by atoms with E-state index in [1.807, 2.05) is 11.8 Å². The molecule has 104 valence electrons. The first-order valence-electron chi connectivity index (χ1n) is 7.05. The summed E-state index contributed by atoms with van der Waals surface area (Å²) in [5, 5.41) is 0. The maximum Gasteiger partial charge on any atom is 0.330 e. The average Bonchev–Trinajstić information content (AvgIpc) is 3.02. The third kappa shape index (κ3) is 1.49. The highest BCUT2D eigenvalue weighted by molar-refractivity contribution is 7.99. The van der Waals surface area contributed by atoms with Gasteiger partial charge in [-0.3, -0.25) is 4.90 Å². The summed E-state index contributed by atoms with van der Waals surface area (Å²) < 4.78 is 5.10. The summed E-state index contributed by atoms with van der Waals surface area (Å²) in [6.07, 6.45) is 4.14. The van der Waals surface area contributed by atoms with Gasteiger partial charge in [0.25, 0.3) is 0 Å². The van der Waals surface area contributed by atoms with Crippen LogP contribution in [-0.4, -0.2) is 35.8 Å². The number of ether oxygens (including phenoxy) is 1. The molecule has 3 heterocycles. The number of methoxy groups -OCH3 is 1. The summed E-state index contributed by atoms with van der Waals surface area (Å²) in [7, 11) is 1.50. The first kappa shape index (κ1) is 12.5. The molecule has 0 aliphatic carbocycles. The molecular formula is C16H17NO2S. The molecule has 0 amide bonds. The van der Waals surface area contributed by atoms with Gasteiger partial charge in [0.15, 0.2) is 0 Å². The number of nitrogens with zero attached hydrogens (tertiary/aromatic N) is 1. The Morgan fingerprint density at radius 2 is 2.30 bits per heavy atom. The van der Waals surface area contributed by atoms with Crippen LogP contribution in [0.5, 0.6) is 0 Å². The quantitative estimate of drug-likeness (QED) is 0.587. The Morgan fingerprint density at radius 3 is 3.15 bits per heavy atom. The molecule has 2 atom stereocenters. The summed E-state index contributed by atoms with van der Waals surface area (Å²) in [6, 6.07) is 8.84. The van der Waals surface area contributed by atoms with Crippen LogP contribution in [0.15, 0.2) is 40.8 Å². The Kier molecular flexibility index (Phi) is 2.72. The van der Waals surface area contributed by atoms with Crippen molar-refractivity contribution in [2.75, 3.05) is 19.4 Å². The lowest BCUT2D eigenvalue weighted by atomic mass is 9.97. The van der Waals surface area contributed by atoms with E-state index >= 15 is 0 Å². The first-order valence-corrected chi connectivity index (χ1v) is 8.03. The SMILES string of the molecule is COC(=O)[C@]12C=C3CSc4ccccc4[C@H]3N1CCC2. The second kappa shape index (κ2) is 4.37. The van der Waals surface area contributed by atoms with Crippen LogP contribution < -0.4 is 0 Å². The number of fused-ring (bicyclic) bond motifs is 5. The van der Waals surface area contributed by atoms with E-state index in [1.54, 1.807) is 0 Å². The lowest BCUT2D eigenvalue weighted by Crippen LogP contribution is -2.47. The molecule has 0 bridgehead atoms. The molecule has 0 radical (unpaired) electrons.